The SMILES string of the molecule is CC(=O)N(CC(=O)Nc1ccc(C)cc1)C(C)(C)C. The van der Waals surface area contributed by atoms with Crippen molar-refractivity contribution < 1.29 is 9.59 Å². The minimum absolute atomic E-state index is 0.0622. The summed E-state index contributed by atoms with van der Waals surface area (Å²) in [7, 11) is 0. The van der Waals surface area contributed by atoms with Crippen molar-refractivity contribution in [2.45, 2.75) is 40.2 Å². The Morgan fingerprint density at radius 1 is 1.16 bits per heavy atom. The molecule has 0 saturated heterocycles. The van der Waals surface area contributed by atoms with Crippen molar-refractivity contribution in [2.75, 3.05) is 11.9 Å². The Morgan fingerprint density at radius 2 is 1.68 bits per heavy atom. The molecule has 0 aliphatic heterocycles. The Morgan fingerprint density at radius 3 is 2.11 bits per heavy atom. The zero-order valence-electron chi connectivity index (χ0n) is 12.3. The maximum absolute atomic E-state index is 12.0. The van der Waals surface area contributed by atoms with Gasteiger partial charge in [0.2, 0.25) is 11.8 Å². The Labute approximate surface area is 114 Å². The van der Waals surface area contributed by atoms with Gasteiger partial charge in [-0.3, -0.25) is 9.59 Å². The summed E-state index contributed by atoms with van der Waals surface area (Å²) in [6.07, 6.45) is 0. The summed E-state index contributed by atoms with van der Waals surface area (Å²) in [6.45, 7) is 9.26. The topological polar surface area (TPSA) is 49.4 Å². The molecule has 4 heteroatoms. The van der Waals surface area contributed by atoms with Gasteiger partial charge in [0.05, 0.1) is 0 Å². The molecular weight excluding hydrogens is 240 g/mol. The number of hydrogen-bond acceptors (Lipinski definition) is 2. The molecule has 1 aromatic carbocycles. The van der Waals surface area contributed by atoms with Gasteiger partial charge in [0, 0.05) is 18.2 Å². The first-order valence-corrected chi connectivity index (χ1v) is 6.35. The maximum atomic E-state index is 12.0. The maximum Gasteiger partial charge on any atom is 0.244 e. The second-order valence-corrected chi connectivity index (χ2v) is 5.69. The lowest BCUT2D eigenvalue weighted by Gasteiger charge is -2.34. The molecule has 104 valence electrons. The van der Waals surface area contributed by atoms with E-state index in [1.165, 1.54) is 6.92 Å². The van der Waals surface area contributed by atoms with Gasteiger partial charge in [-0.25, -0.2) is 0 Å². The summed E-state index contributed by atoms with van der Waals surface area (Å²) in [6, 6.07) is 7.56. The molecule has 0 saturated carbocycles. The van der Waals surface area contributed by atoms with Gasteiger partial charge in [-0.15, -0.1) is 0 Å². The molecule has 19 heavy (non-hydrogen) atoms. The Hall–Kier alpha value is -1.84. The van der Waals surface area contributed by atoms with E-state index in [-0.39, 0.29) is 23.9 Å². The van der Waals surface area contributed by atoms with E-state index in [0.717, 1.165) is 11.3 Å². The van der Waals surface area contributed by atoms with E-state index in [1.807, 2.05) is 52.0 Å². The number of aryl methyl sites for hydroxylation is 1. The quantitative estimate of drug-likeness (QED) is 0.910. The molecule has 0 spiro atoms. The van der Waals surface area contributed by atoms with Crippen LogP contribution < -0.4 is 5.32 Å². The van der Waals surface area contributed by atoms with Gasteiger partial charge < -0.3 is 10.2 Å². The number of benzene rings is 1. The fourth-order valence-corrected chi connectivity index (χ4v) is 1.80. The van der Waals surface area contributed by atoms with E-state index < -0.39 is 0 Å². The van der Waals surface area contributed by atoms with Crippen LogP contribution in [-0.4, -0.2) is 28.8 Å². The molecule has 0 aliphatic rings. The average molecular weight is 262 g/mol. The van der Waals surface area contributed by atoms with Crippen molar-refractivity contribution in [3.05, 3.63) is 29.8 Å². The Balaban J connectivity index is 2.68. The van der Waals surface area contributed by atoms with Crippen molar-refractivity contribution in [1.29, 1.82) is 0 Å². The summed E-state index contributed by atoms with van der Waals surface area (Å²) < 4.78 is 0. The van der Waals surface area contributed by atoms with E-state index in [4.69, 9.17) is 0 Å². The molecule has 1 N–H and O–H groups in total. The zero-order chi connectivity index (χ0) is 14.6. The van der Waals surface area contributed by atoms with Crippen molar-refractivity contribution in [3.8, 4) is 0 Å². The van der Waals surface area contributed by atoms with Crippen LogP contribution in [0.3, 0.4) is 0 Å². The van der Waals surface area contributed by atoms with Crippen molar-refractivity contribution in [1.82, 2.24) is 4.90 Å². The Bertz CT molecular complexity index is 458. The third kappa shape index (κ3) is 4.73. The summed E-state index contributed by atoms with van der Waals surface area (Å²) in [4.78, 5) is 25.1. The number of hydrogen-bond donors (Lipinski definition) is 1. The van der Waals surface area contributed by atoms with Gasteiger partial charge in [-0.05, 0) is 39.8 Å². The van der Waals surface area contributed by atoms with E-state index in [1.54, 1.807) is 4.90 Å². The molecule has 4 nitrogen and oxygen atoms in total. The van der Waals surface area contributed by atoms with Crippen LogP contribution in [0.5, 0.6) is 0 Å². The summed E-state index contributed by atoms with van der Waals surface area (Å²) >= 11 is 0. The van der Waals surface area contributed by atoms with Crippen LogP contribution in [0.4, 0.5) is 5.69 Å². The average Bonchev–Trinajstić information content (AvgIpc) is 2.27. The number of rotatable bonds is 3. The third-order valence-electron chi connectivity index (χ3n) is 2.83. The highest BCUT2D eigenvalue weighted by Crippen LogP contribution is 2.14. The molecule has 0 heterocycles. The number of amides is 2. The van der Waals surface area contributed by atoms with Crippen LogP contribution in [0.1, 0.15) is 33.3 Å². The minimum atomic E-state index is -0.365. The molecule has 0 fully saturated rings. The lowest BCUT2D eigenvalue weighted by molar-refractivity contribution is -0.137. The highest BCUT2D eigenvalue weighted by Gasteiger charge is 2.25. The third-order valence-corrected chi connectivity index (χ3v) is 2.83. The first kappa shape index (κ1) is 15.2. The lowest BCUT2D eigenvalue weighted by Crippen LogP contribution is -2.48. The fourth-order valence-electron chi connectivity index (χ4n) is 1.80. The minimum Gasteiger partial charge on any atom is -0.329 e. The van der Waals surface area contributed by atoms with E-state index in [9.17, 15) is 9.59 Å². The second-order valence-electron chi connectivity index (χ2n) is 5.69. The number of nitrogens with zero attached hydrogens (tertiary/aromatic N) is 1. The van der Waals surface area contributed by atoms with Gasteiger partial charge in [-0.2, -0.15) is 0 Å². The molecule has 0 aromatic heterocycles. The van der Waals surface area contributed by atoms with Crippen LogP contribution in [0.15, 0.2) is 24.3 Å². The predicted molar refractivity (Wildman–Crippen MR) is 76.9 cm³/mol. The smallest absolute Gasteiger partial charge is 0.244 e. The van der Waals surface area contributed by atoms with Crippen molar-refractivity contribution in [2.24, 2.45) is 0 Å². The molecule has 1 aromatic rings. The van der Waals surface area contributed by atoms with Gasteiger partial charge in [0.1, 0.15) is 6.54 Å². The Kier molecular flexibility index (Phi) is 4.70. The molecule has 0 unspecified atom stereocenters. The second kappa shape index (κ2) is 5.87. The normalized spacial score (nSPS) is 11.0. The highest BCUT2D eigenvalue weighted by molar-refractivity contribution is 5.94. The molecule has 0 radical (unpaired) electrons. The van der Waals surface area contributed by atoms with Gasteiger partial charge in [0.25, 0.3) is 0 Å². The summed E-state index contributed by atoms with van der Waals surface area (Å²) in [5.41, 5.74) is 1.52. The lowest BCUT2D eigenvalue weighted by atomic mass is 10.1. The predicted octanol–water partition coefficient (Wildman–Crippen LogP) is 2.58. The number of anilines is 1. The highest BCUT2D eigenvalue weighted by atomic mass is 16.2. The zero-order valence-corrected chi connectivity index (χ0v) is 12.3. The largest absolute Gasteiger partial charge is 0.329 e. The molecule has 1 rings (SSSR count). The first-order valence-electron chi connectivity index (χ1n) is 6.35. The van der Waals surface area contributed by atoms with Crippen LogP contribution in [-0.2, 0) is 9.59 Å². The van der Waals surface area contributed by atoms with E-state index in [0.29, 0.717) is 0 Å². The summed E-state index contributed by atoms with van der Waals surface area (Å²) in [5, 5.41) is 2.79. The van der Waals surface area contributed by atoms with Crippen LogP contribution >= 0.6 is 0 Å². The molecule has 2 amide bonds. The van der Waals surface area contributed by atoms with Crippen molar-refractivity contribution >= 4 is 17.5 Å². The fraction of sp³-hybridized carbons (Fsp3) is 0.467. The first-order chi connectivity index (χ1) is 8.70. The van der Waals surface area contributed by atoms with Gasteiger partial charge in [-0.1, -0.05) is 17.7 Å². The monoisotopic (exact) mass is 262 g/mol. The van der Waals surface area contributed by atoms with Gasteiger partial charge >= 0.3 is 0 Å². The number of nitrogens with one attached hydrogen (secondary N) is 1. The molecule has 0 atom stereocenters. The van der Waals surface area contributed by atoms with E-state index in [2.05, 4.69) is 5.32 Å². The number of carbonyl (C=O) groups is 2. The van der Waals surface area contributed by atoms with E-state index >= 15 is 0 Å². The molecular formula is C15H22N2O2. The van der Waals surface area contributed by atoms with Crippen molar-refractivity contribution in [3.63, 3.8) is 0 Å². The number of carbonyl (C=O) groups excluding carboxylic acids is 2. The molecule has 0 bridgehead atoms. The van der Waals surface area contributed by atoms with Gasteiger partial charge in [0.15, 0.2) is 0 Å². The van der Waals surface area contributed by atoms with Crippen LogP contribution in [0.25, 0.3) is 0 Å². The molecule has 0 aliphatic carbocycles. The van der Waals surface area contributed by atoms with Crippen LogP contribution in [0, 0.1) is 6.92 Å². The summed E-state index contributed by atoms with van der Waals surface area (Å²) in [5.74, 6) is -0.291. The standard InChI is InChI=1S/C15H22N2O2/c1-11-6-8-13(9-7-11)16-14(19)10-17(12(2)18)15(3,4)5/h6-9H,10H2,1-5H3,(H,16,19). The van der Waals surface area contributed by atoms with Crippen LogP contribution in [0.2, 0.25) is 0 Å².